The Morgan fingerprint density at radius 3 is 2.59 bits per heavy atom. The van der Waals surface area contributed by atoms with E-state index in [1.807, 2.05) is 54.6 Å². The number of aryl methyl sites for hydroxylation is 1. The number of pyridine rings is 1. The van der Waals surface area contributed by atoms with E-state index in [1.165, 1.54) is 0 Å². The Morgan fingerprint density at radius 1 is 1.05 bits per heavy atom. The summed E-state index contributed by atoms with van der Waals surface area (Å²) in [5.41, 5.74) is 2.79. The summed E-state index contributed by atoms with van der Waals surface area (Å²) in [6.45, 7) is 2.28. The third-order valence-corrected chi connectivity index (χ3v) is 3.80. The second-order valence-corrected chi connectivity index (χ2v) is 5.30. The lowest BCUT2D eigenvalue weighted by Crippen LogP contribution is -2.21. The Bertz CT molecular complexity index is 1030. The van der Waals surface area contributed by atoms with Crippen LogP contribution in [-0.2, 0) is 6.54 Å². The van der Waals surface area contributed by atoms with E-state index in [4.69, 9.17) is 4.42 Å². The van der Waals surface area contributed by atoms with Crippen LogP contribution in [0.5, 0.6) is 0 Å². The summed E-state index contributed by atoms with van der Waals surface area (Å²) in [6, 6.07) is 17.7. The number of fused-ring (bicyclic) bond motifs is 3. The molecule has 0 radical (unpaired) electrons. The van der Waals surface area contributed by atoms with Crippen molar-refractivity contribution in [1.29, 1.82) is 0 Å². The van der Waals surface area contributed by atoms with Gasteiger partial charge in [0.1, 0.15) is 0 Å². The number of rotatable bonds is 2. The van der Waals surface area contributed by atoms with Crippen LogP contribution in [0.3, 0.4) is 0 Å². The highest BCUT2D eigenvalue weighted by Gasteiger charge is 2.15. The molecule has 0 unspecified atom stereocenters. The highest BCUT2D eigenvalue weighted by Crippen LogP contribution is 2.23. The van der Waals surface area contributed by atoms with Crippen LogP contribution in [0.25, 0.3) is 22.0 Å². The van der Waals surface area contributed by atoms with Crippen LogP contribution in [0.2, 0.25) is 0 Å². The number of aromatic nitrogens is 2. The van der Waals surface area contributed by atoms with Crippen molar-refractivity contribution in [2.24, 2.45) is 0 Å². The van der Waals surface area contributed by atoms with E-state index in [9.17, 15) is 4.79 Å². The zero-order chi connectivity index (χ0) is 15.1. The first-order valence-electron chi connectivity index (χ1n) is 7.16. The van der Waals surface area contributed by atoms with E-state index in [1.54, 1.807) is 11.5 Å². The maximum Gasteiger partial charge on any atom is 0.281 e. The molecule has 0 bridgehead atoms. The Kier molecular flexibility index (Phi) is 2.82. The molecule has 0 aliphatic carbocycles. The van der Waals surface area contributed by atoms with E-state index < -0.39 is 0 Å². The predicted molar refractivity (Wildman–Crippen MR) is 86.1 cm³/mol. The minimum Gasteiger partial charge on any atom is -0.440 e. The molecule has 0 amide bonds. The van der Waals surface area contributed by atoms with E-state index in [0.717, 1.165) is 16.5 Å². The van der Waals surface area contributed by atoms with Gasteiger partial charge in [-0.2, -0.15) is 0 Å². The van der Waals surface area contributed by atoms with Gasteiger partial charge in [0.05, 0.1) is 12.1 Å². The lowest BCUT2D eigenvalue weighted by Gasteiger charge is -2.10. The molecule has 0 spiro atoms. The zero-order valence-corrected chi connectivity index (χ0v) is 12.1. The first-order valence-corrected chi connectivity index (χ1v) is 7.16. The van der Waals surface area contributed by atoms with Gasteiger partial charge < -0.3 is 8.98 Å². The van der Waals surface area contributed by atoms with Gasteiger partial charge in [0.2, 0.25) is 0 Å². The van der Waals surface area contributed by atoms with Crippen molar-refractivity contribution in [2.75, 3.05) is 0 Å². The molecular weight excluding hydrogens is 276 g/mol. The Hall–Kier alpha value is -2.88. The summed E-state index contributed by atoms with van der Waals surface area (Å²) in [7, 11) is 0. The highest BCUT2D eigenvalue weighted by molar-refractivity contribution is 6.00. The van der Waals surface area contributed by atoms with Gasteiger partial charge in [-0.15, -0.1) is 0 Å². The van der Waals surface area contributed by atoms with Crippen molar-refractivity contribution in [3.63, 3.8) is 0 Å². The van der Waals surface area contributed by atoms with E-state index >= 15 is 0 Å². The molecule has 4 nitrogen and oxygen atoms in total. The molecule has 0 aliphatic rings. The monoisotopic (exact) mass is 290 g/mol. The van der Waals surface area contributed by atoms with Gasteiger partial charge in [-0.25, -0.2) is 4.98 Å². The Balaban J connectivity index is 2.07. The summed E-state index contributed by atoms with van der Waals surface area (Å²) in [5, 5.41) is 0.911. The standard InChI is InChI=1S/C18H14N2O2/c1-12-19-16-17(22-12)14-9-5-6-10-15(14)20(18(16)21)11-13-7-3-2-4-8-13/h2-10H,11H2,1H3. The predicted octanol–water partition coefficient (Wildman–Crippen LogP) is 3.50. The second kappa shape index (κ2) is 4.84. The van der Waals surface area contributed by atoms with E-state index in [-0.39, 0.29) is 5.56 Å². The van der Waals surface area contributed by atoms with Gasteiger partial charge in [0.25, 0.3) is 5.56 Å². The first-order chi connectivity index (χ1) is 10.7. The average Bonchev–Trinajstić information content (AvgIpc) is 2.95. The summed E-state index contributed by atoms with van der Waals surface area (Å²) in [4.78, 5) is 17.1. The minimum atomic E-state index is -0.116. The van der Waals surface area contributed by atoms with Crippen LogP contribution in [0.4, 0.5) is 0 Å². The van der Waals surface area contributed by atoms with Crippen molar-refractivity contribution >= 4 is 22.0 Å². The summed E-state index contributed by atoms with van der Waals surface area (Å²) in [5.74, 6) is 0.509. The average molecular weight is 290 g/mol. The molecule has 22 heavy (non-hydrogen) atoms. The summed E-state index contributed by atoms with van der Waals surface area (Å²) in [6.07, 6.45) is 0. The van der Waals surface area contributed by atoms with Gasteiger partial charge in [-0.05, 0) is 17.7 Å². The van der Waals surface area contributed by atoms with Crippen LogP contribution in [0, 0.1) is 6.92 Å². The molecule has 4 rings (SSSR count). The molecule has 2 aromatic heterocycles. The fraction of sp³-hybridized carbons (Fsp3) is 0.111. The number of para-hydroxylation sites is 1. The maximum atomic E-state index is 12.8. The lowest BCUT2D eigenvalue weighted by atomic mass is 10.1. The lowest BCUT2D eigenvalue weighted by molar-refractivity contribution is 0.563. The van der Waals surface area contributed by atoms with Gasteiger partial charge in [0, 0.05) is 12.3 Å². The maximum absolute atomic E-state index is 12.8. The molecule has 0 aliphatic heterocycles. The smallest absolute Gasteiger partial charge is 0.281 e. The van der Waals surface area contributed by atoms with Crippen molar-refractivity contribution in [2.45, 2.75) is 13.5 Å². The van der Waals surface area contributed by atoms with E-state index in [0.29, 0.717) is 23.5 Å². The van der Waals surface area contributed by atoms with Gasteiger partial charge in [-0.3, -0.25) is 4.79 Å². The third-order valence-electron chi connectivity index (χ3n) is 3.80. The quantitative estimate of drug-likeness (QED) is 0.567. The molecular formula is C18H14N2O2. The summed E-state index contributed by atoms with van der Waals surface area (Å²) >= 11 is 0. The van der Waals surface area contributed by atoms with Crippen LogP contribution in [-0.4, -0.2) is 9.55 Å². The number of benzene rings is 2. The normalized spacial score (nSPS) is 11.3. The Morgan fingerprint density at radius 2 is 1.77 bits per heavy atom. The van der Waals surface area contributed by atoms with Crippen LogP contribution in [0.1, 0.15) is 11.5 Å². The molecule has 2 heterocycles. The third kappa shape index (κ3) is 1.92. The van der Waals surface area contributed by atoms with Crippen molar-refractivity contribution in [3.8, 4) is 0 Å². The minimum absolute atomic E-state index is 0.116. The van der Waals surface area contributed by atoms with Crippen LogP contribution in [0.15, 0.2) is 63.8 Å². The second-order valence-electron chi connectivity index (χ2n) is 5.30. The molecule has 0 saturated heterocycles. The highest BCUT2D eigenvalue weighted by atomic mass is 16.3. The number of hydrogen-bond acceptors (Lipinski definition) is 3. The molecule has 4 heteroatoms. The molecule has 4 aromatic rings. The molecule has 0 saturated carbocycles. The van der Waals surface area contributed by atoms with Gasteiger partial charge in [-0.1, -0.05) is 42.5 Å². The SMILES string of the molecule is Cc1nc2c(=O)n(Cc3ccccc3)c3ccccc3c2o1. The molecule has 2 aromatic carbocycles. The fourth-order valence-electron chi connectivity index (χ4n) is 2.82. The summed E-state index contributed by atoms with van der Waals surface area (Å²) < 4.78 is 7.40. The van der Waals surface area contributed by atoms with Crippen LogP contribution >= 0.6 is 0 Å². The Labute approximate surface area is 126 Å². The fourth-order valence-corrected chi connectivity index (χ4v) is 2.82. The molecule has 108 valence electrons. The van der Waals surface area contributed by atoms with Crippen molar-refractivity contribution < 1.29 is 4.42 Å². The van der Waals surface area contributed by atoms with Gasteiger partial charge in [0.15, 0.2) is 17.0 Å². The molecule has 0 N–H and O–H groups in total. The largest absolute Gasteiger partial charge is 0.440 e. The first kappa shape index (κ1) is 12.8. The van der Waals surface area contributed by atoms with E-state index in [2.05, 4.69) is 4.98 Å². The molecule has 0 atom stereocenters. The zero-order valence-electron chi connectivity index (χ0n) is 12.1. The number of oxazole rings is 1. The van der Waals surface area contributed by atoms with Crippen LogP contribution < -0.4 is 5.56 Å². The number of nitrogens with zero attached hydrogens (tertiary/aromatic N) is 2. The van der Waals surface area contributed by atoms with Gasteiger partial charge >= 0.3 is 0 Å². The topological polar surface area (TPSA) is 48.0 Å². The number of hydrogen-bond donors (Lipinski definition) is 0. The van der Waals surface area contributed by atoms with Crippen molar-refractivity contribution in [3.05, 3.63) is 76.4 Å². The molecule has 0 fully saturated rings. The van der Waals surface area contributed by atoms with Crippen molar-refractivity contribution in [1.82, 2.24) is 9.55 Å².